The van der Waals surface area contributed by atoms with Crippen molar-refractivity contribution in [2.24, 2.45) is 16.3 Å². The van der Waals surface area contributed by atoms with Gasteiger partial charge >= 0.3 is 0 Å². The highest BCUT2D eigenvalue weighted by atomic mass is 32.2. The molecule has 0 spiro atoms. The van der Waals surface area contributed by atoms with Crippen LogP contribution in [-0.4, -0.2) is 5.04 Å². The Morgan fingerprint density at radius 2 is 1.92 bits per heavy atom. The Morgan fingerprint density at radius 1 is 1.20 bits per heavy atom. The van der Waals surface area contributed by atoms with E-state index in [4.69, 9.17) is 4.99 Å². The summed E-state index contributed by atoms with van der Waals surface area (Å²) in [5, 5.41) is 5.47. The van der Waals surface area contributed by atoms with E-state index < -0.39 is 0 Å². The van der Waals surface area contributed by atoms with Crippen molar-refractivity contribution >= 4 is 45.6 Å². The van der Waals surface area contributed by atoms with E-state index in [1.54, 1.807) is 34.9 Å². The van der Waals surface area contributed by atoms with Crippen molar-refractivity contribution < 1.29 is 0 Å². The van der Waals surface area contributed by atoms with Crippen LogP contribution in [0, 0.1) is 18.3 Å². The van der Waals surface area contributed by atoms with Crippen molar-refractivity contribution in [3.8, 4) is 0 Å². The predicted octanol–water partition coefficient (Wildman–Crippen LogP) is 7.69. The van der Waals surface area contributed by atoms with Crippen LogP contribution in [0.1, 0.15) is 26.3 Å². The quantitative estimate of drug-likeness (QED) is 0.502. The van der Waals surface area contributed by atoms with E-state index in [0.29, 0.717) is 5.92 Å². The summed E-state index contributed by atoms with van der Waals surface area (Å²) in [5.41, 5.74) is 3.61. The number of aliphatic imine (C=N–C) groups is 1. The minimum Gasteiger partial charge on any atom is -0.241 e. The number of thiophene rings is 1. The third-order valence-electron chi connectivity index (χ3n) is 4.80. The summed E-state index contributed by atoms with van der Waals surface area (Å²) >= 11 is 5.28. The smallest absolute Gasteiger partial charge is 0.105 e. The van der Waals surface area contributed by atoms with Crippen LogP contribution in [0.25, 0.3) is 0 Å². The molecular formula is C21H23NS3. The Morgan fingerprint density at radius 3 is 2.56 bits per heavy atom. The molecule has 4 heteroatoms. The molecule has 1 atom stereocenters. The summed E-state index contributed by atoms with van der Waals surface area (Å²) in [6.45, 7) is 13.3. The highest BCUT2D eigenvalue weighted by Gasteiger charge is 2.39. The highest BCUT2D eigenvalue weighted by molar-refractivity contribution is 8.18. The maximum absolute atomic E-state index is 4.95. The van der Waals surface area contributed by atoms with Crippen LogP contribution in [0.2, 0.25) is 0 Å². The first-order valence-electron chi connectivity index (χ1n) is 8.31. The highest BCUT2D eigenvalue weighted by Crippen LogP contribution is 2.51. The monoisotopic (exact) mass is 385 g/mol. The zero-order valence-electron chi connectivity index (χ0n) is 15.1. The number of hydrogen-bond acceptors (Lipinski definition) is 4. The maximum Gasteiger partial charge on any atom is 0.105 e. The Kier molecular flexibility index (Phi) is 5.62. The van der Waals surface area contributed by atoms with Crippen LogP contribution in [-0.2, 0) is 0 Å². The molecule has 1 fully saturated rings. The molecule has 3 rings (SSSR count). The van der Waals surface area contributed by atoms with Gasteiger partial charge in [-0.15, -0.1) is 11.3 Å². The van der Waals surface area contributed by atoms with E-state index in [9.17, 15) is 0 Å². The molecule has 0 bridgehead atoms. The van der Waals surface area contributed by atoms with Crippen LogP contribution < -0.4 is 0 Å². The van der Waals surface area contributed by atoms with E-state index in [-0.39, 0.29) is 5.41 Å². The minimum atomic E-state index is 0.0544. The molecule has 0 radical (unpaired) electrons. The number of thioether (sulfide) groups is 2. The average Bonchev–Trinajstić information content (AvgIpc) is 3.09. The maximum atomic E-state index is 4.95. The van der Waals surface area contributed by atoms with Gasteiger partial charge in [0.1, 0.15) is 5.04 Å². The predicted molar refractivity (Wildman–Crippen MR) is 116 cm³/mol. The van der Waals surface area contributed by atoms with Crippen molar-refractivity contribution in [3.63, 3.8) is 0 Å². The molecule has 1 aliphatic heterocycles. The van der Waals surface area contributed by atoms with Gasteiger partial charge in [0.15, 0.2) is 0 Å². The van der Waals surface area contributed by atoms with Gasteiger partial charge in [0.25, 0.3) is 0 Å². The molecule has 25 heavy (non-hydrogen) atoms. The zero-order chi connectivity index (χ0) is 18.0. The molecule has 1 unspecified atom stereocenters. The number of nitrogens with zero attached hydrogens (tertiary/aromatic N) is 1. The summed E-state index contributed by atoms with van der Waals surface area (Å²) in [7, 11) is 0. The van der Waals surface area contributed by atoms with Crippen LogP contribution in [0.15, 0.2) is 73.4 Å². The fourth-order valence-electron chi connectivity index (χ4n) is 2.55. The van der Waals surface area contributed by atoms with Gasteiger partial charge in [0.05, 0.1) is 9.90 Å². The van der Waals surface area contributed by atoms with Gasteiger partial charge in [-0.05, 0) is 52.3 Å². The van der Waals surface area contributed by atoms with Crippen LogP contribution in [0.4, 0.5) is 5.69 Å². The van der Waals surface area contributed by atoms with Crippen molar-refractivity contribution in [3.05, 3.63) is 69.8 Å². The molecule has 0 N–H and O–H groups in total. The zero-order valence-corrected chi connectivity index (χ0v) is 17.5. The molecule has 1 saturated heterocycles. The fourth-order valence-corrected chi connectivity index (χ4v) is 5.50. The Labute approximate surface area is 163 Å². The van der Waals surface area contributed by atoms with Gasteiger partial charge in [-0.1, -0.05) is 74.6 Å². The second-order valence-corrected chi connectivity index (χ2v) is 10.0. The van der Waals surface area contributed by atoms with Crippen molar-refractivity contribution in [1.82, 2.24) is 0 Å². The Bertz CT molecular complexity index is 811. The first-order valence-corrected chi connectivity index (χ1v) is 10.9. The molecule has 0 aliphatic carbocycles. The van der Waals surface area contributed by atoms with E-state index in [1.165, 1.54) is 20.3 Å². The normalized spacial score (nSPS) is 23.4. The standard InChI is InChI=1S/C21H23NS3/c1-14-8-10-17(11-9-14)22-20-18(13-24-19-7-6-12-23-19)15(2)21(4,5)16(3)25-20/h6-13,15H,3H2,1-2,4-5H3/b18-13+,22-20?. The fraction of sp³-hybridized carbons (Fsp3) is 0.286. The van der Waals surface area contributed by atoms with E-state index in [2.05, 4.69) is 81.5 Å². The second kappa shape index (κ2) is 7.56. The summed E-state index contributed by atoms with van der Waals surface area (Å²) < 4.78 is 1.31. The molecule has 2 heterocycles. The molecule has 1 aromatic heterocycles. The van der Waals surface area contributed by atoms with Gasteiger partial charge in [-0.3, -0.25) is 0 Å². The number of rotatable bonds is 3. The lowest BCUT2D eigenvalue weighted by Crippen LogP contribution is -2.31. The van der Waals surface area contributed by atoms with Gasteiger partial charge < -0.3 is 0 Å². The summed E-state index contributed by atoms with van der Waals surface area (Å²) in [6.07, 6.45) is 0. The number of benzene rings is 1. The van der Waals surface area contributed by atoms with Gasteiger partial charge in [0.2, 0.25) is 0 Å². The van der Waals surface area contributed by atoms with E-state index in [1.807, 2.05) is 0 Å². The lowest BCUT2D eigenvalue weighted by Gasteiger charge is -2.40. The first kappa shape index (κ1) is 18.6. The van der Waals surface area contributed by atoms with Crippen molar-refractivity contribution in [2.75, 3.05) is 0 Å². The van der Waals surface area contributed by atoms with E-state index in [0.717, 1.165) is 10.7 Å². The third-order valence-corrected chi connectivity index (χ3v) is 8.07. The molecular weight excluding hydrogens is 362 g/mol. The minimum absolute atomic E-state index is 0.0544. The average molecular weight is 386 g/mol. The first-order chi connectivity index (χ1) is 11.9. The summed E-state index contributed by atoms with van der Waals surface area (Å²) in [4.78, 5) is 6.13. The number of aryl methyl sites for hydroxylation is 1. The molecule has 130 valence electrons. The third kappa shape index (κ3) is 4.13. The van der Waals surface area contributed by atoms with Gasteiger partial charge in [-0.2, -0.15) is 0 Å². The molecule has 1 nitrogen and oxygen atoms in total. The van der Waals surface area contributed by atoms with Crippen LogP contribution in [0.5, 0.6) is 0 Å². The number of hydrogen-bond donors (Lipinski definition) is 0. The summed E-state index contributed by atoms with van der Waals surface area (Å²) in [5.74, 6) is 0.373. The Balaban J connectivity index is 1.98. The van der Waals surface area contributed by atoms with Crippen LogP contribution in [0.3, 0.4) is 0 Å². The molecule has 1 aromatic carbocycles. The van der Waals surface area contributed by atoms with Crippen molar-refractivity contribution in [2.45, 2.75) is 31.9 Å². The lowest BCUT2D eigenvalue weighted by molar-refractivity contribution is 0.352. The van der Waals surface area contributed by atoms with Crippen LogP contribution >= 0.6 is 34.9 Å². The van der Waals surface area contributed by atoms with Gasteiger partial charge in [0, 0.05) is 5.41 Å². The Hall–Kier alpha value is -1.23. The summed E-state index contributed by atoms with van der Waals surface area (Å²) in [6, 6.07) is 12.6. The molecule has 1 aliphatic rings. The van der Waals surface area contributed by atoms with E-state index >= 15 is 0 Å². The molecule has 2 aromatic rings. The lowest BCUT2D eigenvalue weighted by atomic mass is 9.76. The SMILES string of the molecule is C=C1SC(=Nc2ccc(C)cc2)/C(=C/Sc2cccs2)C(C)C1(C)C. The van der Waals surface area contributed by atoms with Gasteiger partial charge in [-0.25, -0.2) is 4.99 Å². The molecule has 0 amide bonds. The molecule has 0 saturated carbocycles. The van der Waals surface area contributed by atoms with Crippen molar-refractivity contribution in [1.29, 1.82) is 0 Å². The largest absolute Gasteiger partial charge is 0.241 e. The second-order valence-electron chi connectivity index (χ2n) is 6.84. The topological polar surface area (TPSA) is 12.4 Å². The number of allylic oxidation sites excluding steroid dienone is 1.